The van der Waals surface area contributed by atoms with Gasteiger partial charge in [-0.05, 0) is 61.8 Å². The first-order valence-corrected chi connectivity index (χ1v) is 15.0. The van der Waals surface area contributed by atoms with Crippen LogP contribution >= 0.6 is 0 Å². The molecule has 0 fully saturated rings. The van der Waals surface area contributed by atoms with Crippen molar-refractivity contribution in [1.29, 1.82) is 0 Å². The number of hydrogen-bond donors (Lipinski definition) is 0. The van der Waals surface area contributed by atoms with Crippen molar-refractivity contribution in [3.05, 3.63) is 34.6 Å². The van der Waals surface area contributed by atoms with Gasteiger partial charge in [-0.1, -0.05) is 91.9 Å². The summed E-state index contributed by atoms with van der Waals surface area (Å²) in [5, 5.41) is 0. The van der Waals surface area contributed by atoms with Gasteiger partial charge in [-0.2, -0.15) is 0 Å². The van der Waals surface area contributed by atoms with Crippen LogP contribution in [0.5, 0.6) is 0 Å². The third kappa shape index (κ3) is 9.74. The molecule has 0 aliphatic carbocycles. The van der Waals surface area contributed by atoms with Crippen LogP contribution in [0.2, 0.25) is 0 Å². The van der Waals surface area contributed by atoms with E-state index in [0.29, 0.717) is 25.4 Å². The summed E-state index contributed by atoms with van der Waals surface area (Å²) in [6, 6.07) is 0. The lowest BCUT2D eigenvalue weighted by atomic mass is 9.95. The maximum absolute atomic E-state index is 6.54. The molecule has 0 unspecified atom stereocenters. The molecule has 1 aromatic carbocycles. The van der Waals surface area contributed by atoms with Crippen LogP contribution in [0.25, 0.3) is 11.0 Å². The first-order chi connectivity index (χ1) is 17.6. The summed E-state index contributed by atoms with van der Waals surface area (Å²) in [4.78, 5) is 9.37. The highest BCUT2D eigenvalue weighted by Crippen LogP contribution is 2.30. The van der Waals surface area contributed by atoms with E-state index in [0.717, 1.165) is 36.7 Å². The standard InChI is InChI=1S/C32H54N2O2/c1-7-11-13-15-17-19-27(9-3)35-23-29-25(5)31-32(34-22-21-33-31)26(6)30(29)24-36-28(10-4)20-18-16-14-12-8-2/h21-22,27-28H,7-20,23-24H2,1-6H3/t27-,28-/m0/s1. The molecule has 0 N–H and O–H groups in total. The second-order valence-corrected chi connectivity index (χ2v) is 10.5. The summed E-state index contributed by atoms with van der Waals surface area (Å²) in [6.45, 7) is 14.6. The first-order valence-electron chi connectivity index (χ1n) is 15.0. The highest BCUT2D eigenvalue weighted by molar-refractivity contribution is 5.83. The van der Waals surface area contributed by atoms with Crippen molar-refractivity contribution in [1.82, 2.24) is 9.97 Å². The molecule has 36 heavy (non-hydrogen) atoms. The zero-order valence-electron chi connectivity index (χ0n) is 24.3. The monoisotopic (exact) mass is 498 g/mol. The highest BCUT2D eigenvalue weighted by Gasteiger charge is 2.19. The van der Waals surface area contributed by atoms with E-state index < -0.39 is 0 Å². The van der Waals surface area contributed by atoms with Crippen LogP contribution in [0, 0.1) is 13.8 Å². The number of ether oxygens (including phenoxy) is 2. The van der Waals surface area contributed by atoms with Crippen LogP contribution in [0.15, 0.2) is 12.4 Å². The van der Waals surface area contributed by atoms with Gasteiger partial charge in [-0.25, -0.2) is 0 Å². The van der Waals surface area contributed by atoms with Crippen molar-refractivity contribution < 1.29 is 9.47 Å². The second kappa shape index (κ2) is 17.9. The van der Waals surface area contributed by atoms with Crippen LogP contribution in [-0.4, -0.2) is 22.2 Å². The fourth-order valence-electron chi connectivity index (χ4n) is 5.18. The van der Waals surface area contributed by atoms with Gasteiger partial charge in [-0.15, -0.1) is 0 Å². The molecular formula is C32H54N2O2. The molecule has 0 aliphatic heterocycles. The Hall–Kier alpha value is -1.52. The van der Waals surface area contributed by atoms with Gasteiger partial charge in [-0.3, -0.25) is 9.97 Å². The SMILES string of the molecule is CCCCCCC[C@H](CC)OCc1c(CO[C@@H](CC)CCCCCCC)c(C)c2nccnc2c1C. The fraction of sp³-hybridized carbons (Fsp3) is 0.750. The van der Waals surface area contributed by atoms with Crippen LogP contribution in [0.4, 0.5) is 0 Å². The summed E-state index contributed by atoms with van der Waals surface area (Å²) < 4.78 is 13.1. The van der Waals surface area contributed by atoms with Gasteiger partial charge in [0, 0.05) is 12.4 Å². The Morgan fingerprint density at radius 2 is 0.972 bits per heavy atom. The zero-order valence-corrected chi connectivity index (χ0v) is 24.3. The number of fused-ring (bicyclic) bond motifs is 1. The van der Waals surface area contributed by atoms with Gasteiger partial charge >= 0.3 is 0 Å². The predicted molar refractivity (Wildman–Crippen MR) is 153 cm³/mol. The Kier molecular flexibility index (Phi) is 15.2. The topological polar surface area (TPSA) is 44.2 Å². The molecular weight excluding hydrogens is 444 g/mol. The molecule has 2 rings (SSSR count). The van der Waals surface area contributed by atoms with Gasteiger partial charge < -0.3 is 9.47 Å². The van der Waals surface area contributed by atoms with Gasteiger partial charge in [0.05, 0.1) is 36.5 Å². The number of aryl methyl sites for hydroxylation is 2. The molecule has 1 aromatic heterocycles. The van der Waals surface area contributed by atoms with Crippen LogP contribution in [-0.2, 0) is 22.7 Å². The van der Waals surface area contributed by atoms with E-state index in [1.54, 1.807) is 12.4 Å². The number of rotatable bonds is 20. The summed E-state index contributed by atoms with van der Waals surface area (Å²) in [7, 11) is 0. The molecule has 0 saturated heterocycles. The van der Waals surface area contributed by atoms with E-state index in [9.17, 15) is 0 Å². The molecule has 1 heterocycles. The Morgan fingerprint density at radius 3 is 1.33 bits per heavy atom. The predicted octanol–water partition coefficient (Wildman–Crippen LogP) is 9.56. The minimum atomic E-state index is 0.309. The minimum Gasteiger partial charge on any atom is -0.374 e. The average molecular weight is 499 g/mol. The molecule has 2 aromatic rings. The maximum atomic E-state index is 6.54. The largest absolute Gasteiger partial charge is 0.374 e. The smallest absolute Gasteiger partial charge is 0.0922 e. The highest BCUT2D eigenvalue weighted by atomic mass is 16.5. The van der Waals surface area contributed by atoms with E-state index in [1.165, 1.54) is 86.5 Å². The van der Waals surface area contributed by atoms with Crippen LogP contribution in [0.1, 0.15) is 140 Å². The number of nitrogens with zero attached hydrogens (tertiary/aromatic N) is 2. The van der Waals surface area contributed by atoms with Crippen LogP contribution in [0.3, 0.4) is 0 Å². The zero-order chi connectivity index (χ0) is 26.2. The number of benzene rings is 1. The summed E-state index contributed by atoms with van der Waals surface area (Å²) in [5.74, 6) is 0. The molecule has 0 spiro atoms. The maximum Gasteiger partial charge on any atom is 0.0922 e. The van der Waals surface area contributed by atoms with E-state index in [-0.39, 0.29) is 0 Å². The normalized spacial score (nSPS) is 13.4. The number of unbranched alkanes of at least 4 members (excludes halogenated alkanes) is 8. The third-order valence-electron chi connectivity index (χ3n) is 7.77. The third-order valence-corrected chi connectivity index (χ3v) is 7.77. The van der Waals surface area contributed by atoms with Crippen molar-refractivity contribution in [3.8, 4) is 0 Å². The van der Waals surface area contributed by atoms with Crippen molar-refractivity contribution in [3.63, 3.8) is 0 Å². The molecule has 0 amide bonds. The molecule has 4 nitrogen and oxygen atoms in total. The molecule has 0 saturated carbocycles. The summed E-state index contributed by atoms with van der Waals surface area (Å²) >= 11 is 0. The van der Waals surface area contributed by atoms with E-state index >= 15 is 0 Å². The van der Waals surface area contributed by atoms with Gasteiger partial charge in [0.1, 0.15) is 0 Å². The lowest BCUT2D eigenvalue weighted by molar-refractivity contribution is 0.0204. The quantitative estimate of drug-likeness (QED) is 0.170. The molecule has 4 heteroatoms. The Balaban J connectivity index is 2.13. The van der Waals surface area contributed by atoms with E-state index in [1.807, 2.05) is 0 Å². The molecule has 0 aliphatic rings. The summed E-state index contributed by atoms with van der Waals surface area (Å²) in [5.41, 5.74) is 6.87. The molecule has 0 radical (unpaired) electrons. The minimum absolute atomic E-state index is 0.309. The molecule has 204 valence electrons. The van der Waals surface area contributed by atoms with E-state index in [4.69, 9.17) is 9.47 Å². The second-order valence-electron chi connectivity index (χ2n) is 10.5. The van der Waals surface area contributed by atoms with Gasteiger partial charge in [0.2, 0.25) is 0 Å². The van der Waals surface area contributed by atoms with E-state index in [2.05, 4.69) is 51.5 Å². The Bertz CT molecular complexity index is 796. The first kappa shape index (κ1) is 30.7. The van der Waals surface area contributed by atoms with Gasteiger partial charge in [0.25, 0.3) is 0 Å². The average Bonchev–Trinajstić information content (AvgIpc) is 2.90. The van der Waals surface area contributed by atoms with Crippen molar-refractivity contribution >= 4 is 11.0 Å². The fourth-order valence-corrected chi connectivity index (χ4v) is 5.18. The molecule has 2 atom stereocenters. The lowest BCUT2D eigenvalue weighted by Crippen LogP contribution is -2.17. The number of hydrogen-bond acceptors (Lipinski definition) is 4. The van der Waals surface area contributed by atoms with Crippen molar-refractivity contribution in [2.45, 2.75) is 157 Å². The van der Waals surface area contributed by atoms with Gasteiger partial charge in [0.15, 0.2) is 0 Å². The lowest BCUT2D eigenvalue weighted by Gasteiger charge is -2.23. The van der Waals surface area contributed by atoms with Crippen molar-refractivity contribution in [2.24, 2.45) is 0 Å². The van der Waals surface area contributed by atoms with Crippen LogP contribution < -0.4 is 0 Å². The van der Waals surface area contributed by atoms with Crippen molar-refractivity contribution in [2.75, 3.05) is 0 Å². The Labute approximate surface area is 222 Å². The molecule has 0 bridgehead atoms. The summed E-state index contributed by atoms with van der Waals surface area (Å²) in [6.07, 6.45) is 21.7. The number of aromatic nitrogens is 2. The Morgan fingerprint density at radius 1 is 0.583 bits per heavy atom.